The van der Waals surface area contributed by atoms with Gasteiger partial charge in [0, 0.05) is 19.5 Å². The molecule has 4 nitrogen and oxygen atoms in total. The van der Waals surface area contributed by atoms with Gasteiger partial charge in [0.15, 0.2) is 0 Å². The Morgan fingerprint density at radius 2 is 2.19 bits per heavy atom. The molecule has 0 aromatic heterocycles. The first kappa shape index (κ1) is 11.3. The molecule has 0 aromatic carbocycles. The predicted molar refractivity (Wildman–Crippen MR) is 63.8 cm³/mol. The van der Waals surface area contributed by atoms with Crippen molar-refractivity contribution in [1.82, 2.24) is 9.96 Å². The van der Waals surface area contributed by atoms with Crippen molar-refractivity contribution >= 4 is 5.96 Å². The van der Waals surface area contributed by atoms with Crippen molar-refractivity contribution in [3.05, 3.63) is 0 Å². The summed E-state index contributed by atoms with van der Waals surface area (Å²) in [6.45, 7) is 3.81. The average molecular weight is 221 g/mol. The van der Waals surface area contributed by atoms with E-state index in [9.17, 15) is 0 Å². The molecule has 16 heavy (non-hydrogen) atoms. The number of piperidine rings is 1. The third-order valence-electron chi connectivity index (χ3n) is 3.30. The molecule has 2 aliphatic heterocycles. The molecule has 0 N–H and O–H groups in total. The van der Waals surface area contributed by atoms with Gasteiger partial charge in [-0.25, -0.2) is 10.1 Å². The summed E-state index contributed by atoms with van der Waals surface area (Å²) in [6, 6.07) is 0. The minimum absolute atomic E-state index is 0.694. The lowest BCUT2D eigenvalue weighted by Gasteiger charge is -2.35. The Labute approximate surface area is 97.2 Å². The highest BCUT2D eigenvalue weighted by atomic mass is 16.7. The van der Waals surface area contributed by atoms with E-state index in [0.717, 1.165) is 38.6 Å². The molecule has 0 unspecified atom stereocenters. The third kappa shape index (κ3) is 2.30. The van der Waals surface area contributed by atoms with E-state index in [-0.39, 0.29) is 0 Å². The SMILES string of the molecule is C#CCC1CCN(C2=NCCN2OC)CC1. The molecule has 0 saturated carbocycles. The average Bonchev–Trinajstić information content (AvgIpc) is 2.78. The van der Waals surface area contributed by atoms with Crippen molar-refractivity contribution in [2.45, 2.75) is 19.3 Å². The molecule has 4 heteroatoms. The highest BCUT2D eigenvalue weighted by molar-refractivity contribution is 5.80. The van der Waals surface area contributed by atoms with Crippen LogP contribution in [0, 0.1) is 18.3 Å². The summed E-state index contributed by atoms with van der Waals surface area (Å²) in [5.74, 6) is 4.45. The number of hydroxylamine groups is 2. The molecular weight excluding hydrogens is 202 g/mol. The summed E-state index contributed by atoms with van der Waals surface area (Å²) in [6.07, 6.45) is 8.59. The molecule has 0 amide bonds. The Balaban J connectivity index is 1.87. The second-order valence-electron chi connectivity index (χ2n) is 4.31. The maximum Gasteiger partial charge on any atom is 0.221 e. The van der Waals surface area contributed by atoms with Gasteiger partial charge in [-0.05, 0) is 18.8 Å². The summed E-state index contributed by atoms with van der Waals surface area (Å²) in [7, 11) is 1.70. The molecule has 0 aromatic rings. The van der Waals surface area contributed by atoms with Gasteiger partial charge in [0.1, 0.15) is 0 Å². The largest absolute Gasteiger partial charge is 0.341 e. The number of rotatable bonds is 2. The van der Waals surface area contributed by atoms with Crippen LogP contribution in [0.1, 0.15) is 19.3 Å². The fourth-order valence-corrected chi connectivity index (χ4v) is 2.35. The van der Waals surface area contributed by atoms with Gasteiger partial charge in [-0.1, -0.05) is 0 Å². The minimum atomic E-state index is 0.694. The van der Waals surface area contributed by atoms with Crippen LogP contribution < -0.4 is 0 Å². The summed E-state index contributed by atoms with van der Waals surface area (Å²) >= 11 is 0. The van der Waals surface area contributed by atoms with Crippen molar-refractivity contribution in [2.75, 3.05) is 33.3 Å². The van der Waals surface area contributed by atoms with Gasteiger partial charge < -0.3 is 4.90 Å². The van der Waals surface area contributed by atoms with E-state index < -0.39 is 0 Å². The molecule has 2 heterocycles. The molecule has 0 atom stereocenters. The summed E-state index contributed by atoms with van der Waals surface area (Å²) < 4.78 is 0. The van der Waals surface area contributed by atoms with Crippen molar-refractivity contribution in [3.63, 3.8) is 0 Å². The number of aliphatic imine (C=N–C) groups is 1. The van der Waals surface area contributed by atoms with Crippen molar-refractivity contribution in [3.8, 4) is 12.3 Å². The van der Waals surface area contributed by atoms with Crippen LogP contribution in [0.2, 0.25) is 0 Å². The second kappa shape index (κ2) is 5.22. The van der Waals surface area contributed by atoms with Crippen LogP contribution in [-0.4, -0.2) is 49.2 Å². The maximum atomic E-state index is 5.34. The van der Waals surface area contributed by atoms with E-state index in [1.807, 2.05) is 5.06 Å². The Morgan fingerprint density at radius 3 is 2.81 bits per heavy atom. The zero-order valence-electron chi connectivity index (χ0n) is 9.85. The van der Waals surface area contributed by atoms with E-state index in [4.69, 9.17) is 11.3 Å². The first-order chi connectivity index (χ1) is 7.85. The smallest absolute Gasteiger partial charge is 0.221 e. The number of guanidine groups is 1. The predicted octanol–water partition coefficient (Wildman–Crippen LogP) is 0.955. The molecule has 0 aliphatic carbocycles. The van der Waals surface area contributed by atoms with Crippen LogP contribution in [0.5, 0.6) is 0 Å². The third-order valence-corrected chi connectivity index (χ3v) is 3.30. The number of hydrogen-bond acceptors (Lipinski definition) is 4. The number of nitrogens with zero attached hydrogens (tertiary/aromatic N) is 3. The Bertz CT molecular complexity index is 300. The van der Waals surface area contributed by atoms with E-state index in [1.165, 1.54) is 12.8 Å². The van der Waals surface area contributed by atoms with Gasteiger partial charge in [-0.15, -0.1) is 12.3 Å². The number of hydrogen-bond donors (Lipinski definition) is 0. The van der Waals surface area contributed by atoms with Crippen LogP contribution >= 0.6 is 0 Å². The number of likely N-dealkylation sites (tertiary alicyclic amines) is 1. The van der Waals surface area contributed by atoms with E-state index in [2.05, 4.69) is 15.8 Å². The Kier molecular flexibility index (Phi) is 3.68. The fraction of sp³-hybridized carbons (Fsp3) is 0.750. The maximum absolute atomic E-state index is 5.34. The van der Waals surface area contributed by atoms with Gasteiger partial charge in [-0.2, -0.15) is 0 Å². The Hall–Kier alpha value is -1.21. The van der Waals surface area contributed by atoms with Gasteiger partial charge in [0.05, 0.1) is 20.2 Å². The van der Waals surface area contributed by atoms with E-state index in [1.54, 1.807) is 7.11 Å². The Morgan fingerprint density at radius 1 is 1.44 bits per heavy atom. The van der Waals surface area contributed by atoms with Crippen LogP contribution in [0.4, 0.5) is 0 Å². The molecular formula is C12H19N3O. The van der Waals surface area contributed by atoms with Crippen molar-refractivity contribution in [2.24, 2.45) is 10.9 Å². The highest BCUT2D eigenvalue weighted by Gasteiger charge is 2.26. The van der Waals surface area contributed by atoms with Gasteiger partial charge in [0.2, 0.25) is 5.96 Å². The monoisotopic (exact) mass is 221 g/mol. The lowest BCUT2D eigenvalue weighted by atomic mass is 9.94. The second-order valence-corrected chi connectivity index (χ2v) is 4.31. The summed E-state index contributed by atoms with van der Waals surface area (Å²) in [4.78, 5) is 12.1. The molecule has 88 valence electrons. The van der Waals surface area contributed by atoms with Crippen LogP contribution in [0.15, 0.2) is 4.99 Å². The van der Waals surface area contributed by atoms with Crippen LogP contribution in [0.25, 0.3) is 0 Å². The van der Waals surface area contributed by atoms with Crippen molar-refractivity contribution in [1.29, 1.82) is 0 Å². The first-order valence-electron chi connectivity index (χ1n) is 5.89. The van der Waals surface area contributed by atoms with E-state index in [0.29, 0.717) is 5.92 Å². The normalized spacial score (nSPS) is 22.1. The highest BCUT2D eigenvalue weighted by Crippen LogP contribution is 2.21. The minimum Gasteiger partial charge on any atom is -0.341 e. The molecule has 0 bridgehead atoms. The topological polar surface area (TPSA) is 28.1 Å². The van der Waals surface area contributed by atoms with Crippen molar-refractivity contribution < 1.29 is 4.84 Å². The van der Waals surface area contributed by atoms with Crippen LogP contribution in [0.3, 0.4) is 0 Å². The molecule has 0 radical (unpaired) electrons. The standard InChI is InChI=1S/C12H19N3O/c1-3-4-11-5-8-14(9-6-11)12-13-7-10-15(12)16-2/h1,11H,4-10H2,2H3. The molecule has 2 aliphatic rings. The molecule has 0 spiro atoms. The lowest BCUT2D eigenvalue weighted by molar-refractivity contribution is -0.0662. The molecule has 2 rings (SSSR count). The summed E-state index contributed by atoms with van der Waals surface area (Å²) in [5, 5.41) is 1.88. The van der Waals surface area contributed by atoms with Crippen LogP contribution in [-0.2, 0) is 4.84 Å². The van der Waals surface area contributed by atoms with Gasteiger partial charge in [-0.3, -0.25) is 4.84 Å². The number of terminal acetylenes is 1. The zero-order chi connectivity index (χ0) is 11.4. The molecule has 1 fully saturated rings. The lowest BCUT2D eigenvalue weighted by Crippen LogP contribution is -2.45. The molecule has 1 saturated heterocycles. The fourth-order valence-electron chi connectivity index (χ4n) is 2.35. The zero-order valence-corrected chi connectivity index (χ0v) is 9.85. The quantitative estimate of drug-likeness (QED) is 0.650. The van der Waals surface area contributed by atoms with Gasteiger partial charge in [0.25, 0.3) is 0 Å². The van der Waals surface area contributed by atoms with E-state index >= 15 is 0 Å². The summed E-state index contributed by atoms with van der Waals surface area (Å²) in [5.41, 5.74) is 0. The van der Waals surface area contributed by atoms with Gasteiger partial charge >= 0.3 is 0 Å². The first-order valence-corrected chi connectivity index (χ1v) is 5.89.